The maximum atomic E-state index is 12.0. The molecule has 0 spiro atoms. The minimum atomic E-state index is -3.48. The number of likely N-dealkylation sites (tertiary alicyclic amines) is 1. The topological polar surface area (TPSA) is 120 Å². The number of ether oxygens (including phenoxy) is 1. The summed E-state index contributed by atoms with van der Waals surface area (Å²) >= 11 is 0. The number of amides is 1. The van der Waals surface area contributed by atoms with Gasteiger partial charge in [-0.2, -0.15) is 5.26 Å². The number of aliphatic hydroxyl groups excluding tert-OH is 1. The van der Waals surface area contributed by atoms with Crippen molar-refractivity contribution in [2.75, 3.05) is 25.4 Å². The summed E-state index contributed by atoms with van der Waals surface area (Å²) in [6.45, 7) is 5.67. The van der Waals surface area contributed by atoms with E-state index < -0.39 is 27.8 Å². The van der Waals surface area contributed by atoms with Gasteiger partial charge in [0, 0.05) is 25.4 Å². The smallest absolute Gasteiger partial charge is 0.410 e. The highest BCUT2D eigenvalue weighted by atomic mass is 32.2. The van der Waals surface area contributed by atoms with E-state index in [9.17, 15) is 18.3 Å². The molecule has 0 radical (unpaired) electrons. The third kappa shape index (κ3) is 7.16. The zero-order valence-electron chi connectivity index (χ0n) is 13.8. The van der Waals surface area contributed by atoms with Gasteiger partial charge in [0.25, 0.3) is 0 Å². The van der Waals surface area contributed by atoms with Gasteiger partial charge < -0.3 is 14.7 Å². The van der Waals surface area contributed by atoms with E-state index in [4.69, 9.17) is 10.00 Å². The number of unbranched alkanes of at least 4 members (excludes halogenated alkanes) is 1. The Bertz CT molecular complexity index is 550. The second kappa shape index (κ2) is 7.95. The first kappa shape index (κ1) is 19.7. The molecule has 1 fully saturated rings. The molecule has 8 nitrogen and oxygen atoms in total. The average Bonchev–Trinajstić information content (AvgIpc) is 2.76. The Labute approximate surface area is 137 Å². The molecule has 23 heavy (non-hydrogen) atoms. The van der Waals surface area contributed by atoms with Crippen molar-refractivity contribution in [3.63, 3.8) is 0 Å². The highest BCUT2D eigenvalue weighted by Crippen LogP contribution is 2.19. The Kier molecular flexibility index (Phi) is 6.80. The lowest BCUT2D eigenvalue weighted by atomic mass is 10.1. The van der Waals surface area contributed by atoms with Gasteiger partial charge in [0.1, 0.15) is 5.60 Å². The third-order valence-corrected chi connectivity index (χ3v) is 4.76. The van der Waals surface area contributed by atoms with Crippen molar-refractivity contribution >= 4 is 16.1 Å². The van der Waals surface area contributed by atoms with Gasteiger partial charge in [0.2, 0.25) is 10.0 Å². The molecular formula is C14H25N3O5S. The molecule has 0 aromatic carbocycles. The van der Waals surface area contributed by atoms with Crippen molar-refractivity contribution in [1.82, 2.24) is 9.62 Å². The van der Waals surface area contributed by atoms with E-state index in [0.29, 0.717) is 0 Å². The molecular weight excluding hydrogens is 322 g/mol. The Balaban J connectivity index is 2.47. The van der Waals surface area contributed by atoms with Gasteiger partial charge in [-0.1, -0.05) is 0 Å². The molecule has 1 saturated heterocycles. The van der Waals surface area contributed by atoms with Gasteiger partial charge >= 0.3 is 6.09 Å². The number of rotatable bonds is 6. The molecule has 2 atom stereocenters. The largest absolute Gasteiger partial charge is 0.444 e. The third-order valence-electron chi connectivity index (χ3n) is 3.33. The first-order chi connectivity index (χ1) is 10.5. The maximum Gasteiger partial charge on any atom is 0.410 e. The van der Waals surface area contributed by atoms with E-state index in [1.165, 1.54) is 4.90 Å². The normalized spacial score (nSPS) is 22.0. The number of hydrogen-bond acceptors (Lipinski definition) is 6. The Morgan fingerprint density at radius 2 is 2.09 bits per heavy atom. The fraction of sp³-hybridized carbons (Fsp3) is 0.857. The number of nitriles is 1. The SMILES string of the molecule is CC(C)(C)OC(=O)N1C[C@H](CNS(=O)(=O)CCCC#N)[C@H](O)C1. The fourth-order valence-electron chi connectivity index (χ4n) is 2.18. The van der Waals surface area contributed by atoms with Gasteiger partial charge in [0.15, 0.2) is 0 Å². The van der Waals surface area contributed by atoms with Crippen LogP contribution in [-0.2, 0) is 14.8 Å². The molecule has 1 heterocycles. The molecule has 2 N–H and O–H groups in total. The van der Waals surface area contributed by atoms with Crippen LogP contribution >= 0.6 is 0 Å². The second-order valence-corrected chi connectivity index (χ2v) is 8.57. The highest BCUT2D eigenvalue weighted by Gasteiger charge is 2.36. The van der Waals surface area contributed by atoms with Crippen molar-refractivity contribution in [2.45, 2.75) is 45.3 Å². The first-order valence-corrected chi connectivity index (χ1v) is 9.19. The summed E-state index contributed by atoms with van der Waals surface area (Å²) < 4.78 is 31.2. The zero-order chi connectivity index (χ0) is 17.7. The molecule has 0 aliphatic carbocycles. The summed E-state index contributed by atoms with van der Waals surface area (Å²) in [7, 11) is -3.48. The van der Waals surface area contributed by atoms with Crippen LogP contribution in [0.3, 0.4) is 0 Å². The highest BCUT2D eigenvalue weighted by molar-refractivity contribution is 7.89. The van der Waals surface area contributed by atoms with Crippen molar-refractivity contribution in [2.24, 2.45) is 5.92 Å². The van der Waals surface area contributed by atoms with Crippen LogP contribution in [0.15, 0.2) is 0 Å². The van der Waals surface area contributed by atoms with Crippen LogP contribution in [0.2, 0.25) is 0 Å². The van der Waals surface area contributed by atoms with Crippen molar-refractivity contribution in [3.05, 3.63) is 0 Å². The lowest BCUT2D eigenvalue weighted by Gasteiger charge is -2.24. The van der Waals surface area contributed by atoms with Crippen LogP contribution in [0.1, 0.15) is 33.6 Å². The number of aliphatic hydroxyl groups is 1. The summed E-state index contributed by atoms with van der Waals surface area (Å²) in [5.41, 5.74) is -0.623. The van der Waals surface area contributed by atoms with Gasteiger partial charge in [-0.15, -0.1) is 0 Å². The van der Waals surface area contributed by atoms with E-state index in [2.05, 4.69) is 4.72 Å². The van der Waals surface area contributed by atoms with E-state index in [1.54, 1.807) is 20.8 Å². The fourth-order valence-corrected chi connectivity index (χ4v) is 3.31. The summed E-state index contributed by atoms with van der Waals surface area (Å²) in [6, 6.07) is 1.89. The van der Waals surface area contributed by atoms with Crippen molar-refractivity contribution in [3.8, 4) is 6.07 Å². The molecule has 9 heteroatoms. The lowest BCUT2D eigenvalue weighted by molar-refractivity contribution is 0.0270. The number of sulfonamides is 1. The Morgan fingerprint density at radius 1 is 1.43 bits per heavy atom. The number of nitrogens with zero attached hydrogens (tertiary/aromatic N) is 2. The molecule has 1 aliphatic rings. The number of carbonyl (C=O) groups excluding carboxylic acids is 1. The quantitative estimate of drug-likeness (QED) is 0.673. The van der Waals surface area contributed by atoms with Gasteiger partial charge in [0.05, 0.1) is 24.5 Å². The summed E-state index contributed by atoms with van der Waals surface area (Å²) in [5, 5.41) is 18.4. The molecule has 1 amide bonds. The lowest BCUT2D eigenvalue weighted by Crippen LogP contribution is -2.37. The monoisotopic (exact) mass is 347 g/mol. The van der Waals surface area contributed by atoms with Crippen LogP contribution in [-0.4, -0.2) is 61.6 Å². The number of carbonyl (C=O) groups is 1. The molecule has 1 rings (SSSR count). The zero-order valence-corrected chi connectivity index (χ0v) is 14.6. The first-order valence-electron chi connectivity index (χ1n) is 7.54. The number of nitrogens with one attached hydrogen (secondary N) is 1. The van der Waals surface area contributed by atoms with E-state index in [1.807, 2.05) is 6.07 Å². The minimum absolute atomic E-state index is 0.0509. The Morgan fingerprint density at radius 3 is 2.65 bits per heavy atom. The summed E-state index contributed by atoms with van der Waals surface area (Å²) in [4.78, 5) is 13.3. The van der Waals surface area contributed by atoms with Crippen molar-refractivity contribution < 1.29 is 23.1 Å². The molecule has 0 aromatic heterocycles. The van der Waals surface area contributed by atoms with Crippen molar-refractivity contribution in [1.29, 1.82) is 5.26 Å². The predicted molar refractivity (Wildman–Crippen MR) is 83.9 cm³/mol. The molecule has 0 aromatic rings. The van der Waals surface area contributed by atoms with Gasteiger partial charge in [-0.05, 0) is 27.2 Å². The van der Waals surface area contributed by atoms with Gasteiger partial charge in [-0.3, -0.25) is 0 Å². The summed E-state index contributed by atoms with van der Waals surface area (Å²) in [5.74, 6) is -0.507. The summed E-state index contributed by atoms with van der Waals surface area (Å²) in [6.07, 6.45) is -0.872. The maximum absolute atomic E-state index is 12.0. The standard InChI is InChI=1S/C14H25N3O5S/c1-14(2,3)22-13(19)17-9-11(12(18)10-17)8-16-23(20,21)7-5-4-6-15/h11-12,16,18H,4-5,7-10H2,1-3H3/t11-,12+/m0/s1. The van der Waals surface area contributed by atoms with Crippen LogP contribution in [0.5, 0.6) is 0 Å². The molecule has 0 bridgehead atoms. The van der Waals surface area contributed by atoms with Crippen LogP contribution in [0.25, 0.3) is 0 Å². The molecule has 0 unspecified atom stereocenters. The Hall–Kier alpha value is -1.37. The van der Waals surface area contributed by atoms with Gasteiger partial charge in [-0.25, -0.2) is 17.9 Å². The van der Waals surface area contributed by atoms with Crippen LogP contribution in [0, 0.1) is 17.2 Å². The van der Waals surface area contributed by atoms with Crippen LogP contribution in [0.4, 0.5) is 4.79 Å². The second-order valence-electron chi connectivity index (χ2n) is 6.64. The predicted octanol–water partition coefficient (Wildman–Crippen LogP) is 0.437. The minimum Gasteiger partial charge on any atom is -0.444 e. The molecule has 0 saturated carbocycles. The average molecular weight is 347 g/mol. The van der Waals surface area contributed by atoms with E-state index >= 15 is 0 Å². The molecule has 132 valence electrons. The molecule has 1 aliphatic heterocycles. The number of β-amino-alcohol motifs (C(OH)–C–C–N with tert-alkyl or cyclic N) is 1. The van der Waals surface area contributed by atoms with Crippen LogP contribution < -0.4 is 4.72 Å². The number of hydrogen-bond donors (Lipinski definition) is 2. The van der Waals surface area contributed by atoms with E-state index in [-0.39, 0.29) is 44.1 Å². The van der Waals surface area contributed by atoms with E-state index in [0.717, 1.165) is 0 Å².